The van der Waals surface area contributed by atoms with Gasteiger partial charge < -0.3 is 60.0 Å². The number of carbonyl (C=O) groups is 2. The number of benzene rings is 2. The molecule has 3 saturated carbocycles. The molecule has 3 spiro atoms. The standard InChI is InChI=1S/C64H79NO13/c1-34-25-39-15-20-61(30-39)33-62-21-16-43-36(3)47(62)10-11-49-55(71)44(54(34)61)17-22-63(49,62)48(43)12-14-53(70)76-58-56(72)57-50(65-31-35(2)68)18-23-64(74,78-57)59(58)77-60(73)42(26-38-6-13-51(69)52(28-38)75-4)29-46-41(32-67)9-8-40-7-5-37(19-24-66)27-45(40)46/h5-7,10-11,13,15-18,20-23,26-28,34-36,39,41,43-44,46-50,54-59,65-69,71-72,74H,8-9,12,14,19,24-25,29-33H2,1-4H3/b42-26+/t34-,35-,36-,39+,41-,43+,44-,46-,47+,48+,49+,50-,54-,55-,56-,57-,58+,59+,61+,62+,63+,64+/m0/s1. The molecule has 14 nitrogen and oxygen atoms in total. The molecule has 2 aromatic rings. The molecule has 10 aliphatic carbocycles. The number of aryl methyl sites for hydroxylation is 1. The molecule has 2 heterocycles. The van der Waals surface area contributed by atoms with E-state index in [0.29, 0.717) is 49.0 Å². The molecule has 10 bridgehead atoms. The summed E-state index contributed by atoms with van der Waals surface area (Å²) in [5.74, 6) is -2.72. The van der Waals surface area contributed by atoms with Gasteiger partial charge in [0.05, 0.1) is 25.4 Å². The monoisotopic (exact) mass is 1070 g/mol. The van der Waals surface area contributed by atoms with Gasteiger partial charge in [-0.15, -0.1) is 0 Å². The van der Waals surface area contributed by atoms with Crippen LogP contribution in [0.15, 0.2) is 103 Å². The molecule has 418 valence electrons. The molecule has 12 aliphatic rings. The Bertz CT molecular complexity index is 2850. The van der Waals surface area contributed by atoms with Gasteiger partial charge in [0.2, 0.25) is 5.79 Å². The first kappa shape index (κ1) is 53.7. The van der Waals surface area contributed by atoms with Crippen LogP contribution in [-0.4, -0.2) is 123 Å². The fourth-order valence-electron chi connectivity index (χ4n) is 18.2. The highest BCUT2D eigenvalue weighted by atomic mass is 16.7. The van der Waals surface area contributed by atoms with Gasteiger partial charge in [-0.2, -0.15) is 0 Å². The third-order valence-electron chi connectivity index (χ3n) is 21.3. The number of fused-ring (bicyclic) bond motifs is 4. The second-order valence-electron chi connectivity index (χ2n) is 25.4. The average Bonchev–Trinajstić information content (AvgIpc) is 3.88. The van der Waals surface area contributed by atoms with E-state index in [4.69, 9.17) is 18.9 Å². The van der Waals surface area contributed by atoms with E-state index in [0.717, 1.165) is 36.0 Å². The van der Waals surface area contributed by atoms with Crippen LogP contribution in [0.5, 0.6) is 11.5 Å². The Balaban J connectivity index is 0.873. The van der Waals surface area contributed by atoms with Gasteiger partial charge in [0, 0.05) is 54.4 Å². The van der Waals surface area contributed by atoms with Crippen LogP contribution in [0.3, 0.4) is 0 Å². The second kappa shape index (κ2) is 20.3. The van der Waals surface area contributed by atoms with Crippen molar-refractivity contribution in [1.29, 1.82) is 0 Å². The number of phenols is 1. The fraction of sp³-hybridized carbons (Fsp3) is 0.594. The number of phenolic OH excluding ortho intramolecular Hbond substituents is 1. The maximum absolute atomic E-state index is 15.2. The maximum atomic E-state index is 15.2. The molecular weight excluding hydrogens is 991 g/mol. The van der Waals surface area contributed by atoms with E-state index < -0.39 is 65.8 Å². The van der Waals surface area contributed by atoms with E-state index in [9.17, 15) is 40.5 Å². The highest BCUT2D eigenvalue weighted by Crippen LogP contribution is 2.79. The number of allylic oxidation sites excluding steroid dienone is 6. The van der Waals surface area contributed by atoms with Crippen LogP contribution in [0.1, 0.15) is 93.9 Å². The summed E-state index contributed by atoms with van der Waals surface area (Å²) in [4.78, 5) is 30.1. The van der Waals surface area contributed by atoms with E-state index in [-0.39, 0.29) is 108 Å². The smallest absolute Gasteiger partial charge is 0.334 e. The number of methoxy groups -OCH3 is 1. The number of ether oxygens (including phenoxy) is 4. The van der Waals surface area contributed by atoms with Crippen molar-refractivity contribution in [3.8, 4) is 11.5 Å². The molecule has 0 aromatic heterocycles. The van der Waals surface area contributed by atoms with E-state index in [1.54, 1.807) is 31.2 Å². The fourth-order valence-corrected chi connectivity index (χ4v) is 18.2. The summed E-state index contributed by atoms with van der Waals surface area (Å²) in [5, 5.41) is 82.4. The van der Waals surface area contributed by atoms with Crippen LogP contribution in [-0.2, 0) is 36.6 Å². The van der Waals surface area contributed by atoms with Gasteiger partial charge in [0.1, 0.15) is 12.2 Å². The second-order valence-corrected chi connectivity index (χ2v) is 25.4. The Morgan fingerprint density at radius 3 is 2.53 bits per heavy atom. The maximum Gasteiger partial charge on any atom is 0.334 e. The van der Waals surface area contributed by atoms with Gasteiger partial charge in [0.15, 0.2) is 23.7 Å². The summed E-state index contributed by atoms with van der Waals surface area (Å²) in [6, 6.07) is 9.93. The van der Waals surface area contributed by atoms with Gasteiger partial charge in [-0.25, -0.2) is 4.79 Å². The van der Waals surface area contributed by atoms with Crippen molar-refractivity contribution < 1.29 is 64.3 Å². The largest absolute Gasteiger partial charge is 0.504 e. The van der Waals surface area contributed by atoms with Gasteiger partial charge >= 0.3 is 11.9 Å². The molecule has 0 unspecified atom stereocenters. The molecule has 14 heteroatoms. The first-order valence-electron chi connectivity index (χ1n) is 28.9. The highest BCUT2D eigenvalue weighted by Gasteiger charge is 2.74. The summed E-state index contributed by atoms with van der Waals surface area (Å²) in [6.45, 7) is 6.25. The number of rotatable bonds is 16. The number of nitrogens with one attached hydrogen (secondary N) is 1. The average molecular weight is 1070 g/mol. The molecular formula is C64H79NO13. The number of aliphatic hydroxyl groups excluding tert-OH is 5. The van der Waals surface area contributed by atoms with E-state index in [1.165, 1.54) is 19.3 Å². The minimum atomic E-state index is -2.38. The molecule has 2 aliphatic heterocycles. The molecule has 1 saturated heterocycles. The van der Waals surface area contributed by atoms with Crippen molar-refractivity contribution in [3.63, 3.8) is 0 Å². The van der Waals surface area contributed by atoms with Crippen LogP contribution in [0.2, 0.25) is 0 Å². The first-order valence-corrected chi connectivity index (χ1v) is 28.9. The highest BCUT2D eigenvalue weighted by molar-refractivity contribution is 5.94. The van der Waals surface area contributed by atoms with Crippen LogP contribution in [0.4, 0.5) is 0 Å². The number of aromatic hydroxyl groups is 1. The molecule has 78 heavy (non-hydrogen) atoms. The molecule has 0 amide bonds. The predicted octanol–water partition coefficient (Wildman–Crippen LogP) is 6.40. The zero-order valence-electron chi connectivity index (χ0n) is 45.3. The molecule has 8 N–H and O–H groups in total. The molecule has 22 atom stereocenters. The summed E-state index contributed by atoms with van der Waals surface area (Å²) in [5.41, 5.74) is 2.70. The van der Waals surface area contributed by atoms with Crippen molar-refractivity contribution in [1.82, 2.24) is 5.32 Å². The van der Waals surface area contributed by atoms with Crippen LogP contribution < -0.4 is 10.1 Å². The number of aliphatic hydroxyl groups is 6. The Morgan fingerprint density at radius 2 is 1.74 bits per heavy atom. The lowest BCUT2D eigenvalue weighted by atomic mass is 9.29. The SMILES string of the molecule is COc1cc(/C=C(\C[C@@H]2c3cc(CCO)ccc3CC[C@H]2CO)C(=O)O[C@@H]2[C@H](OC(=O)CC[C@@H]3[C@@H]4C=C[C@]56C[C@]78C=C[C@H](C[C@H](C)[C@H]7[C@@H]7C=C[C@]35[C@H](C=C[C@@H]6[C@H]4C)[C@H]7O)C8)[C@@H](O)[C@H]3O[C@]2(O)C=C[C@@H]3NC[C@H](C)O)ccc1O. The summed E-state index contributed by atoms with van der Waals surface area (Å²) in [6.07, 6.45) is 21.9. The zero-order chi connectivity index (χ0) is 54.6. The zero-order valence-corrected chi connectivity index (χ0v) is 45.3. The summed E-state index contributed by atoms with van der Waals surface area (Å²) in [7, 11) is 1.42. The van der Waals surface area contributed by atoms with Gasteiger partial charge in [-0.05, 0) is 164 Å². The lowest BCUT2D eigenvalue weighted by molar-refractivity contribution is -0.333. The van der Waals surface area contributed by atoms with Crippen molar-refractivity contribution in [2.75, 3.05) is 26.9 Å². The van der Waals surface area contributed by atoms with Crippen LogP contribution in [0, 0.1) is 75.4 Å². The van der Waals surface area contributed by atoms with E-state index in [1.807, 2.05) is 18.2 Å². The number of hydrogen-bond donors (Lipinski definition) is 8. The molecule has 2 aromatic carbocycles. The Labute approximate surface area is 457 Å². The Kier molecular flexibility index (Phi) is 14.0. The van der Waals surface area contributed by atoms with Gasteiger partial charge in [0.25, 0.3) is 0 Å². The van der Waals surface area contributed by atoms with Crippen molar-refractivity contribution in [3.05, 3.63) is 125 Å². The van der Waals surface area contributed by atoms with Crippen LogP contribution in [0.25, 0.3) is 6.08 Å². The normalized spacial score (nSPS) is 43.1. The number of carbonyl (C=O) groups excluding carboxylic acids is 2. The first-order chi connectivity index (χ1) is 37.5. The summed E-state index contributed by atoms with van der Waals surface area (Å²) >= 11 is 0. The minimum absolute atomic E-state index is 0.0109. The van der Waals surface area contributed by atoms with Crippen molar-refractivity contribution >= 4 is 18.0 Å². The molecule has 14 rings (SSSR count). The minimum Gasteiger partial charge on any atom is -0.504 e. The topological polar surface area (TPSA) is 225 Å². The van der Waals surface area contributed by atoms with Gasteiger partial charge in [-0.3, -0.25) is 4.79 Å². The van der Waals surface area contributed by atoms with E-state index >= 15 is 4.79 Å². The van der Waals surface area contributed by atoms with E-state index in [2.05, 4.69) is 67.8 Å². The lowest BCUT2D eigenvalue weighted by Gasteiger charge is -2.74. The van der Waals surface area contributed by atoms with Gasteiger partial charge in [-0.1, -0.05) is 92.8 Å². The third-order valence-corrected chi connectivity index (χ3v) is 21.3. The quantitative estimate of drug-likeness (QED) is 0.0518. The predicted molar refractivity (Wildman–Crippen MR) is 290 cm³/mol. The van der Waals surface area contributed by atoms with Crippen molar-refractivity contribution in [2.24, 2.45) is 75.4 Å². The molecule has 4 fully saturated rings. The number of hydrogen-bond acceptors (Lipinski definition) is 14. The Morgan fingerprint density at radius 1 is 0.936 bits per heavy atom. The lowest BCUT2D eigenvalue weighted by Crippen LogP contribution is -2.71. The van der Waals surface area contributed by atoms with Crippen LogP contribution >= 0.6 is 0 Å². The third kappa shape index (κ3) is 8.47. The molecule has 0 radical (unpaired) electrons. The van der Waals surface area contributed by atoms with Crippen molar-refractivity contribution in [2.45, 2.75) is 133 Å². The summed E-state index contributed by atoms with van der Waals surface area (Å²) < 4.78 is 24.5. The number of esters is 2. The Hall–Kier alpha value is -4.90.